The topological polar surface area (TPSA) is 78.9 Å². The quantitative estimate of drug-likeness (QED) is 0.0261. The van der Waals surface area contributed by atoms with E-state index in [-0.39, 0.29) is 37.5 Å². The van der Waals surface area contributed by atoms with Crippen LogP contribution in [-0.4, -0.2) is 37.2 Å². The van der Waals surface area contributed by atoms with Crippen molar-refractivity contribution >= 4 is 17.9 Å². The van der Waals surface area contributed by atoms with Crippen molar-refractivity contribution in [1.29, 1.82) is 0 Å². The minimum atomic E-state index is -0.818. The number of ether oxygens (including phenoxy) is 3. The minimum absolute atomic E-state index is 0.112. The Morgan fingerprint density at radius 3 is 0.803 bits per heavy atom. The van der Waals surface area contributed by atoms with E-state index in [2.05, 4.69) is 142 Å². The molecule has 0 bridgehead atoms. The number of carbonyl (C=O) groups is 3. The molecule has 0 aromatic carbocycles. The largest absolute Gasteiger partial charge is 0.462 e. The third kappa shape index (κ3) is 56.6. The average Bonchev–Trinajstić information content (AvgIpc) is 3.37. The molecule has 1 atom stereocenters. The van der Waals surface area contributed by atoms with Gasteiger partial charge in [0.1, 0.15) is 13.2 Å². The van der Waals surface area contributed by atoms with Gasteiger partial charge in [-0.3, -0.25) is 14.4 Å². The smallest absolute Gasteiger partial charge is 0.306 e. The third-order valence-corrected chi connectivity index (χ3v) is 11.9. The molecule has 0 rings (SSSR count). The SMILES string of the molecule is CCCCC/C=C\C/C=C\C/C=C\C/C=C\CCCCCC(=O)OC[C@H](COC(=O)CCCCCCC/C=C\C/C=C\CCCCC)OC(=O)CCCCC/C=C\C/C=C\C/C=C\C/C=C\CCCCC. The van der Waals surface area contributed by atoms with Crippen LogP contribution in [0.25, 0.3) is 0 Å². The molecule has 0 saturated heterocycles. The number of carbonyl (C=O) groups excluding carboxylic acids is 3. The van der Waals surface area contributed by atoms with Crippen LogP contribution in [0.5, 0.6) is 0 Å². The molecule has 71 heavy (non-hydrogen) atoms. The van der Waals surface area contributed by atoms with Gasteiger partial charge in [-0.05, 0) is 141 Å². The fourth-order valence-electron chi connectivity index (χ4n) is 7.50. The zero-order valence-corrected chi connectivity index (χ0v) is 45.9. The molecule has 0 radical (unpaired) electrons. The van der Waals surface area contributed by atoms with E-state index in [4.69, 9.17) is 14.2 Å². The van der Waals surface area contributed by atoms with Crippen LogP contribution in [0, 0.1) is 0 Å². The molecule has 6 nitrogen and oxygen atoms in total. The summed E-state index contributed by atoms with van der Waals surface area (Å²) in [6.07, 6.45) is 80.4. The summed E-state index contributed by atoms with van der Waals surface area (Å²) in [5, 5.41) is 0. The number of hydrogen-bond donors (Lipinski definition) is 0. The number of allylic oxidation sites excluding steroid dienone is 20. The highest BCUT2D eigenvalue weighted by Gasteiger charge is 2.19. The van der Waals surface area contributed by atoms with Gasteiger partial charge in [-0.2, -0.15) is 0 Å². The number of unbranched alkanes of at least 4 members (excludes halogenated alkanes) is 20. The lowest BCUT2D eigenvalue weighted by atomic mass is 10.1. The van der Waals surface area contributed by atoms with E-state index < -0.39 is 6.10 Å². The molecule has 0 amide bonds. The van der Waals surface area contributed by atoms with Gasteiger partial charge in [-0.1, -0.05) is 213 Å². The lowest BCUT2D eigenvalue weighted by molar-refractivity contribution is -0.167. The van der Waals surface area contributed by atoms with Crippen LogP contribution in [0.2, 0.25) is 0 Å². The first-order valence-electron chi connectivity index (χ1n) is 29.0. The van der Waals surface area contributed by atoms with Gasteiger partial charge in [0.15, 0.2) is 6.10 Å². The summed E-state index contributed by atoms with van der Waals surface area (Å²) in [5.74, 6) is -0.989. The van der Waals surface area contributed by atoms with Crippen molar-refractivity contribution in [3.05, 3.63) is 122 Å². The Morgan fingerprint density at radius 1 is 0.282 bits per heavy atom. The number of rotatable bonds is 51. The first-order chi connectivity index (χ1) is 35.0. The average molecular weight is 984 g/mol. The second-order valence-electron chi connectivity index (χ2n) is 18.8. The van der Waals surface area contributed by atoms with Crippen LogP contribution in [0.4, 0.5) is 0 Å². The molecule has 0 saturated carbocycles. The molecular weight excluding hydrogens is 877 g/mol. The molecule has 0 heterocycles. The van der Waals surface area contributed by atoms with Crippen molar-refractivity contribution in [2.75, 3.05) is 13.2 Å². The summed E-state index contributed by atoms with van der Waals surface area (Å²) < 4.78 is 16.8. The summed E-state index contributed by atoms with van der Waals surface area (Å²) in [6.45, 7) is 6.49. The summed E-state index contributed by atoms with van der Waals surface area (Å²) in [5.41, 5.74) is 0. The lowest BCUT2D eigenvalue weighted by Gasteiger charge is -2.18. The fraction of sp³-hybridized carbons (Fsp3) is 0.646. The molecule has 0 aliphatic heterocycles. The second-order valence-corrected chi connectivity index (χ2v) is 18.8. The Hall–Kier alpha value is -4.19. The van der Waals surface area contributed by atoms with E-state index in [0.29, 0.717) is 19.3 Å². The van der Waals surface area contributed by atoms with E-state index in [0.717, 1.165) is 128 Å². The van der Waals surface area contributed by atoms with Crippen molar-refractivity contribution in [2.45, 2.75) is 258 Å². The van der Waals surface area contributed by atoms with E-state index in [1.165, 1.54) is 77.0 Å². The van der Waals surface area contributed by atoms with Crippen LogP contribution in [0.1, 0.15) is 252 Å². The Bertz CT molecular complexity index is 1500. The molecule has 0 aliphatic carbocycles. The molecule has 0 aromatic rings. The van der Waals surface area contributed by atoms with Crippen LogP contribution in [-0.2, 0) is 28.6 Å². The molecule has 6 heteroatoms. The standard InChI is InChI=1S/C65H106O6/c1-4-7-10-13-16-19-22-25-28-30-32-34-37-40-43-46-49-52-55-58-64(67)70-61-62(60-69-63(66)57-54-51-48-45-42-39-36-27-24-21-18-15-12-9-6-3)71-65(68)59-56-53-50-47-44-41-38-35-33-31-29-26-23-20-17-14-11-8-5-2/h16-21,25-29,32-36,40-41,43-44,62H,4-15,22-24,30-31,37-39,42,45-61H2,1-3H3/b19-16-,20-17-,21-18-,28-25-,29-26-,34-32-,35-33-,36-27-,43-40-,44-41-/t62-/m0/s1. The van der Waals surface area contributed by atoms with E-state index in [1.54, 1.807) is 0 Å². The van der Waals surface area contributed by atoms with Crippen LogP contribution < -0.4 is 0 Å². The summed E-state index contributed by atoms with van der Waals surface area (Å²) in [7, 11) is 0. The van der Waals surface area contributed by atoms with Gasteiger partial charge in [-0.25, -0.2) is 0 Å². The van der Waals surface area contributed by atoms with Crippen LogP contribution in [0.3, 0.4) is 0 Å². The first-order valence-corrected chi connectivity index (χ1v) is 29.0. The third-order valence-electron chi connectivity index (χ3n) is 11.9. The maximum absolute atomic E-state index is 12.9. The van der Waals surface area contributed by atoms with Gasteiger partial charge in [0.25, 0.3) is 0 Å². The normalized spacial score (nSPS) is 13.0. The minimum Gasteiger partial charge on any atom is -0.462 e. The van der Waals surface area contributed by atoms with Crippen molar-refractivity contribution in [3.63, 3.8) is 0 Å². The van der Waals surface area contributed by atoms with E-state index >= 15 is 0 Å². The molecule has 402 valence electrons. The predicted molar refractivity (Wildman–Crippen MR) is 306 cm³/mol. The molecule has 0 N–H and O–H groups in total. The van der Waals surface area contributed by atoms with Gasteiger partial charge >= 0.3 is 17.9 Å². The molecule has 0 aliphatic rings. The zero-order valence-electron chi connectivity index (χ0n) is 45.9. The highest BCUT2D eigenvalue weighted by Crippen LogP contribution is 2.12. The molecular formula is C65H106O6. The molecule has 0 unspecified atom stereocenters. The molecule has 0 aromatic heterocycles. The van der Waals surface area contributed by atoms with Gasteiger partial charge in [-0.15, -0.1) is 0 Å². The molecule has 0 spiro atoms. The highest BCUT2D eigenvalue weighted by molar-refractivity contribution is 5.71. The van der Waals surface area contributed by atoms with Gasteiger partial charge < -0.3 is 14.2 Å². The van der Waals surface area contributed by atoms with Crippen LogP contribution in [0.15, 0.2) is 122 Å². The van der Waals surface area contributed by atoms with Gasteiger partial charge in [0.05, 0.1) is 0 Å². The summed E-state index contributed by atoms with van der Waals surface area (Å²) >= 11 is 0. The second kappa shape index (κ2) is 58.4. The fourth-order valence-corrected chi connectivity index (χ4v) is 7.50. The van der Waals surface area contributed by atoms with Crippen LogP contribution >= 0.6 is 0 Å². The highest BCUT2D eigenvalue weighted by atomic mass is 16.6. The monoisotopic (exact) mass is 983 g/mol. The van der Waals surface area contributed by atoms with E-state index in [1.807, 2.05) is 0 Å². The number of esters is 3. The van der Waals surface area contributed by atoms with Crippen molar-refractivity contribution in [3.8, 4) is 0 Å². The van der Waals surface area contributed by atoms with Crippen molar-refractivity contribution < 1.29 is 28.6 Å². The Kier molecular flexibility index (Phi) is 54.9. The Balaban J connectivity index is 4.55. The zero-order chi connectivity index (χ0) is 51.4. The van der Waals surface area contributed by atoms with E-state index in [9.17, 15) is 14.4 Å². The van der Waals surface area contributed by atoms with Gasteiger partial charge in [0, 0.05) is 19.3 Å². The lowest BCUT2D eigenvalue weighted by Crippen LogP contribution is -2.30. The Morgan fingerprint density at radius 2 is 0.507 bits per heavy atom. The maximum Gasteiger partial charge on any atom is 0.306 e. The summed E-state index contributed by atoms with van der Waals surface area (Å²) in [6, 6.07) is 0. The predicted octanol–water partition coefficient (Wildman–Crippen LogP) is 19.6. The van der Waals surface area contributed by atoms with Crippen molar-refractivity contribution in [1.82, 2.24) is 0 Å². The molecule has 0 fully saturated rings. The summed E-state index contributed by atoms with van der Waals surface area (Å²) in [4.78, 5) is 38.2. The first kappa shape index (κ1) is 66.8. The number of hydrogen-bond acceptors (Lipinski definition) is 6. The van der Waals surface area contributed by atoms with Gasteiger partial charge in [0.2, 0.25) is 0 Å². The van der Waals surface area contributed by atoms with Crippen molar-refractivity contribution in [2.24, 2.45) is 0 Å². The maximum atomic E-state index is 12.9. The Labute approximate surface area is 437 Å².